The zero-order valence-electron chi connectivity index (χ0n) is 14.1. The van der Waals surface area contributed by atoms with Crippen LogP contribution in [0.25, 0.3) is 5.70 Å². The maximum atomic E-state index is 11.9. The Hall–Kier alpha value is -2.61. The van der Waals surface area contributed by atoms with Gasteiger partial charge in [-0.2, -0.15) is 0 Å². The molecular formula is C17H18BrN3O4. The first-order chi connectivity index (χ1) is 12.1. The average Bonchev–Trinajstić information content (AvgIpc) is 2.62. The highest BCUT2D eigenvalue weighted by Gasteiger charge is 2.10. The van der Waals surface area contributed by atoms with Gasteiger partial charge in [0.1, 0.15) is 0 Å². The van der Waals surface area contributed by atoms with Gasteiger partial charge >= 0.3 is 5.97 Å². The number of ether oxygens (including phenoxy) is 3. The van der Waals surface area contributed by atoms with Crippen LogP contribution in [0, 0.1) is 0 Å². The molecule has 0 aliphatic rings. The van der Waals surface area contributed by atoms with E-state index in [0.29, 0.717) is 28.4 Å². The van der Waals surface area contributed by atoms with Crippen molar-refractivity contribution in [2.45, 2.75) is 6.92 Å². The van der Waals surface area contributed by atoms with E-state index in [2.05, 4.69) is 30.9 Å². The van der Waals surface area contributed by atoms with Gasteiger partial charge < -0.3 is 19.2 Å². The predicted molar refractivity (Wildman–Crippen MR) is 96.0 cm³/mol. The van der Waals surface area contributed by atoms with E-state index in [1.165, 1.54) is 13.2 Å². The lowest BCUT2D eigenvalue weighted by molar-refractivity contribution is -0.137. The molecule has 0 spiro atoms. The number of aromatic amines is 1. The molecule has 2 rings (SSSR count). The Morgan fingerprint density at radius 3 is 2.68 bits per heavy atom. The van der Waals surface area contributed by atoms with Gasteiger partial charge in [0.2, 0.25) is 5.62 Å². The minimum atomic E-state index is -0.492. The molecule has 0 saturated carbocycles. The minimum Gasteiger partial charge on any atom is -0.493 e. The molecule has 0 fully saturated rings. The largest absolute Gasteiger partial charge is 0.493 e. The molecule has 0 amide bonds. The summed E-state index contributed by atoms with van der Waals surface area (Å²) in [4.78, 5) is 23.4. The second-order valence-electron chi connectivity index (χ2n) is 4.72. The van der Waals surface area contributed by atoms with Crippen molar-refractivity contribution in [1.82, 2.24) is 9.97 Å². The topological polar surface area (TPSA) is 85.8 Å². The summed E-state index contributed by atoms with van der Waals surface area (Å²) in [6.07, 6.45) is 4.61. The van der Waals surface area contributed by atoms with Gasteiger partial charge in [-0.25, -0.2) is 14.8 Å². The van der Waals surface area contributed by atoms with E-state index in [1.807, 2.05) is 0 Å². The molecular weight excluding hydrogens is 390 g/mol. The summed E-state index contributed by atoms with van der Waals surface area (Å²) in [5, 5.41) is 0. The van der Waals surface area contributed by atoms with Crippen molar-refractivity contribution < 1.29 is 19.0 Å². The maximum absolute atomic E-state index is 11.9. The Labute approximate surface area is 153 Å². The molecule has 0 atom stereocenters. The van der Waals surface area contributed by atoms with Crippen LogP contribution < -0.4 is 15.1 Å². The fourth-order valence-corrected chi connectivity index (χ4v) is 2.19. The van der Waals surface area contributed by atoms with Crippen molar-refractivity contribution in [2.24, 2.45) is 4.99 Å². The fraction of sp³-hybridized carbons (Fsp3) is 0.235. The number of carbonyl (C=O) groups excluding carboxylic acids is 1. The number of nitrogens with zero attached hydrogens (tertiary/aromatic N) is 2. The van der Waals surface area contributed by atoms with Gasteiger partial charge in [-0.1, -0.05) is 0 Å². The van der Waals surface area contributed by atoms with E-state index in [1.54, 1.807) is 44.6 Å². The summed E-state index contributed by atoms with van der Waals surface area (Å²) < 4.78 is 16.3. The molecule has 0 radical (unpaired) electrons. The quantitative estimate of drug-likeness (QED) is 0.587. The van der Waals surface area contributed by atoms with Gasteiger partial charge in [0, 0.05) is 24.0 Å². The Kier molecular flexibility index (Phi) is 6.76. The minimum absolute atomic E-state index is 0.275. The number of halogens is 1. The molecule has 0 aliphatic heterocycles. The van der Waals surface area contributed by atoms with Gasteiger partial charge in [0.25, 0.3) is 0 Å². The number of H-pyrrole nitrogens is 1. The molecule has 1 aromatic carbocycles. The lowest BCUT2D eigenvalue weighted by Gasteiger charge is -2.10. The van der Waals surface area contributed by atoms with Crippen LogP contribution in [0.15, 0.2) is 46.1 Å². The normalized spacial score (nSPS) is 12.0. The molecule has 1 heterocycles. The lowest BCUT2D eigenvalue weighted by Crippen LogP contribution is -2.12. The van der Waals surface area contributed by atoms with Crippen LogP contribution in [0.3, 0.4) is 0 Å². The van der Waals surface area contributed by atoms with Crippen LogP contribution in [0.4, 0.5) is 0 Å². The number of benzene rings is 1. The predicted octanol–water partition coefficient (Wildman–Crippen LogP) is 2.69. The third-order valence-electron chi connectivity index (χ3n) is 3.10. The zero-order valence-corrected chi connectivity index (χ0v) is 15.7. The van der Waals surface area contributed by atoms with Crippen LogP contribution in [0.1, 0.15) is 12.5 Å². The molecule has 8 heteroatoms. The molecule has 0 saturated heterocycles. The second kappa shape index (κ2) is 9.03. The fourth-order valence-electron chi connectivity index (χ4n) is 1.98. The van der Waals surface area contributed by atoms with E-state index in [4.69, 9.17) is 14.2 Å². The molecule has 1 N–H and O–H groups in total. The van der Waals surface area contributed by atoms with Crippen LogP contribution in [0.5, 0.6) is 11.5 Å². The number of rotatable bonds is 6. The van der Waals surface area contributed by atoms with Crippen molar-refractivity contribution in [2.75, 3.05) is 20.8 Å². The summed E-state index contributed by atoms with van der Waals surface area (Å²) in [5.41, 5.74) is 1.38. The highest BCUT2D eigenvalue weighted by molar-refractivity contribution is 9.10. The first kappa shape index (κ1) is 18.7. The Bertz CT molecular complexity index is 826. The smallest absolute Gasteiger partial charge is 0.332 e. The summed E-state index contributed by atoms with van der Waals surface area (Å²) in [5.74, 6) is 0.612. The number of methoxy groups -OCH3 is 2. The molecule has 0 bridgehead atoms. The number of carbonyl (C=O) groups is 1. The maximum Gasteiger partial charge on any atom is 0.332 e. The van der Waals surface area contributed by atoms with E-state index in [9.17, 15) is 4.79 Å². The van der Waals surface area contributed by atoms with Gasteiger partial charge in [0.05, 0.1) is 31.0 Å². The molecule has 25 heavy (non-hydrogen) atoms. The first-order valence-corrected chi connectivity index (χ1v) is 8.22. The van der Waals surface area contributed by atoms with E-state index in [-0.39, 0.29) is 6.61 Å². The molecule has 0 aliphatic carbocycles. The molecule has 0 unspecified atom stereocenters. The van der Waals surface area contributed by atoms with Crippen molar-refractivity contribution in [3.05, 3.63) is 52.3 Å². The summed E-state index contributed by atoms with van der Waals surface area (Å²) in [6.45, 7) is 2.01. The van der Waals surface area contributed by atoms with E-state index in [0.717, 1.165) is 4.47 Å². The number of esters is 1. The Balaban J connectivity index is 2.53. The monoisotopic (exact) mass is 407 g/mol. The third kappa shape index (κ3) is 5.18. The molecule has 7 nitrogen and oxygen atoms in total. The van der Waals surface area contributed by atoms with Crippen molar-refractivity contribution in [1.29, 1.82) is 0 Å². The molecule has 1 aromatic heterocycles. The summed E-state index contributed by atoms with van der Waals surface area (Å²) in [7, 11) is 3.09. The van der Waals surface area contributed by atoms with E-state index >= 15 is 0 Å². The zero-order chi connectivity index (χ0) is 18.2. The standard InChI is InChI=1S/C17H18BrN3O4/c1-4-25-16(22)8-13(21-17-19-9-12(18)10-20-17)11-5-6-14(23-2)15(7-11)24-3/h5-10H,4H2,1-3H3,(H,19,20,21)/b13-8+. The highest BCUT2D eigenvalue weighted by atomic mass is 79.9. The van der Waals surface area contributed by atoms with Gasteiger partial charge in [-0.15, -0.1) is 0 Å². The van der Waals surface area contributed by atoms with E-state index < -0.39 is 5.97 Å². The van der Waals surface area contributed by atoms with Crippen LogP contribution in [0.2, 0.25) is 0 Å². The van der Waals surface area contributed by atoms with Gasteiger partial charge in [-0.3, -0.25) is 0 Å². The summed E-state index contributed by atoms with van der Waals surface area (Å²) >= 11 is 3.30. The van der Waals surface area contributed by atoms with Crippen molar-refractivity contribution >= 4 is 27.6 Å². The van der Waals surface area contributed by atoms with Gasteiger partial charge in [-0.05, 0) is 41.1 Å². The number of aromatic nitrogens is 2. The lowest BCUT2D eigenvalue weighted by atomic mass is 10.1. The summed E-state index contributed by atoms with van der Waals surface area (Å²) in [6, 6.07) is 5.24. The first-order valence-electron chi connectivity index (χ1n) is 7.43. The van der Waals surface area contributed by atoms with Crippen LogP contribution in [-0.2, 0) is 9.53 Å². The number of nitrogens with one attached hydrogen (secondary N) is 1. The van der Waals surface area contributed by atoms with Crippen LogP contribution in [-0.4, -0.2) is 36.8 Å². The second-order valence-corrected chi connectivity index (χ2v) is 5.63. The SMILES string of the molecule is CCOC(=O)/C=C(/N=c1/ncc(Br)c[nH]1)c1ccc(OC)c(OC)c1. The average molecular weight is 408 g/mol. The molecule has 132 valence electrons. The Morgan fingerprint density at radius 1 is 1.32 bits per heavy atom. The Morgan fingerprint density at radius 2 is 2.08 bits per heavy atom. The number of hydrogen-bond acceptors (Lipinski definition) is 6. The molecule has 2 aromatic rings. The van der Waals surface area contributed by atoms with Crippen molar-refractivity contribution in [3.8, 4) is 11.5 Å². The van der Waals surface area contributed by atoms with Crippen LogP contribution >= 0.6 is 15.9 Å². The van der Waals surface area contributed by atoms with Crippen molar-refractivity contribution in [3.63, 3.8) is 0 Å². The third-order valence-corrected chi connectivity index (χ3v) is 3.53. The van der Waals surface area contributed by atoms with Gasteiger partial charge in [0.15, 0.2) is 11.5 Å². The number of hydrogen-bond donors (Lipinski definition) is 1. The highest BCUT2D eigenvalue weighted by Crippen LogP contribution is 2.30.